The monoisotopic (exact) mass is 367 g/mol. The van der Waals surface area contributed by atoms with Crippen LogP contribution in [0.4, 0.5) is 23.8 Å². The lowest BCUT2D eigenvalue weighted by Crippen LogP contribution is -2.45. The van der Waals surface area contributed by atoms with Crippen LogP contribution in [0, 0.1) is 0 Å². The summed E-state index contributed by atoms with van der Waals surface area (Å²) in [4.78, 5) is 17.0. The second kappa shape index (κ2) is 6.93. The smallest absolute Gasteiger partial charge is 0.395 e. The van der Waals surface area contributed by atoms with Crippen LogP contribution in [0.3, 0.4) is 0 Å². The van der Waals surface area contributed by atoms with Gasteiger partial charge in [-0.15, -0.1) is 0 Å². The minimum absolute atomic E-state index is 0.0747. The van der Waals surface area contributed by atoms with Gasteiger partial charge in [-0.05, 0) is 18.6 Å². The molecule has 134 valence electrons. The number of rotatable bonds is 4. The number of aliphatic hydroxyl groups is 1. The Morgan fingerprint density at radius 2 is 2.17 bits per heavy atom. The molecule has 11 heteroatoms. The Balaban J connectivity index is 2.14. The number of anilines is 1. The molecule has 7 nitrogen and oxygen atoms in total. The first-order chi connectivity index (χ1) is 11.1. The van der Waals surface area contributed by atoms with Crippen molar-refractivity contribution >= 4 is 21.7 Å². The van der Waals surface area contributed by atoms with Crippen molar-refractivity contribution in [2.24, 2.45) is 0 Å². The van der Waals surface area contributed by atoms with Crippen molar-refractivity contribution in [3.05, 3.63) is 23.9 Å². The molecule has 0 aromatic carbocycles. The summed E-state index contributed by atoms with van der Waals surface area (Å²) in [6.45, 7) is -0.537. The molecular formula is C13H16F3N3O4S. The molecule has 2 heterocycles. The summed E-state index contributed by atoms with van der Waals surface area (Å²) in [5, 5.41) is 11.3. The van der Waals surface area contributed by atoms with Crippen LogP contribution in [-0.4, -0.2) is 60.1 Å². The van der Waals surface area contributed by atoms with Crippen LogP contribution >= 0.6 is 0 Å². The van der Waals surface area contributed by atoms with Gasteiger partial charge in [0.25, 0.3) is 0 Å². The lowest BCUT2D eigenvalue weighted by atomic mass is 10.2. The minimum atomic E-state index is -4.58. The summed E-state index contributed by atoms with van der Waals surface area (Å²) >= 11 is 0. The molecule has 1 fully saturated rings. The van der Waals surface area contributed by atoms with Gasteiger partial charge in [-0.25, -0.2) is 18.2 Å². The molecule has 0 radical (unpaired) electrons. The number of urea groups is 1. The van der Waals surface area contributed by atoms with E-state index in [0.29, 0.717) is 6.07 Å². The number of nitrogens with one attached hydrogen (secondary N) is 1. The zero-order chi connectivity index (χ0) is 18.0. The third-order valence-corrected chi connectivity index (χ3v) is 5.32. The van der Waals surface area contributed by atoms with Crippen molar-refractivity contribution in [3.8, 4) is 0 Å². The summed E-state index contributed by atoms with van der Waals surface area (Å²) in [6, 6.07) is 0.0106. The van der Waals surface area contributed by atoms with Gasteiger partial charge in [-0.1, -0.05) is 0 Å². The molecule has 2 rings (SSSR count). The number of carbonyl (C=O) groups excluding carboxylic acids is 1. The van der Waals surface area contributed by atoms with Crippen LogP contribution in [-0.2, 0) is 16.0 Å². The van der Waals surface area contributed by atoms with E-state index in [2.05, 4.69) is 10.3 Å². The molecule has 1 aromatic heterocycles. The number of alkyl halides is 3. The molecule has 1 aliphatic rings. The zero-order valence-corrected chi connectivity index (χ0v) is 13.3. The van der Waals surface area contributed by atoms with Gasteiger partial charge < -0.3 is 10.0 Å². The van der Waals surface area contributed by atoms with E-state index in [1.165, 1.54) is 0 Å². The van der Waals surface area contributed by atoms with Gasteiger partial charge in [-0.3, -0.25) is 5.32 Å². The van der Waals surface area contributed by atoms with Crippen molar-refractivity contribution < 1.29 is 31.5 Å². The second-order valence-corrected chi connectivity index (χ2v) is 7.56. The summed E-state index contributed by atoms with van der Waals surface area (Å²) in [6.07, 6.45) is -3.45. The zero-order valence-electron chi connectivity index (χ0n) is 12.5. The Morgan fingerprint density at radius 1 is 1.46 bits per heavy atom. The van der Waals surface area contributed by atoms with Crippen LogP contribution < -0.4 is 5.32 Å². The van der Waals surface area contributed by atoms with Crippen LogP contribution in [0.1, 0.15) is 12.0 Å². The number of pyridine rings is 1. The Bertz CT molecular complexity index is 709. The molecule has 2 N–H and O–H groups in total. The molecule has 1 aliphatic heterocycles. The molecule has 1 saturated heterocycles. The van der Waals surface area contributed by atoms with Gasteiger partial charge in [-0.2, -0.15) is 13.2 Å². The molecule has 2 amide bonds. The maximum Gasteiger partial charge on any atom is 0.416 e. The summed E-state index contributed by atoms with van der Waals surface area (Å²) in [5.74, 6) is -0.621. The predicted octanol–water partition coefficient (Wildman–Crippen LogP) is 1.11. The van der Waals surface area contributed by atoms with Crippen molar-refractivity contribution in [3.63, 3.8) is 0 Å². The lowest BCUT2D eigenvalue weighted by molar-refractivity contribution is -0.137. The number of aliphatic hydroxyl groups excluding tert-OH is 1. The second-order valence-electron chi connectivity index (χ2n) is 5.33. The molecule has 0 bridgehead atoms. The maximum atomic E-state index is 12.7. The van der Waals surface area contributed by atoms with Gasteiger partial charge in [0.1, 0.15) is 5.82 Å². The molecule has 24 heavy (non-hydrogen) atoms. The third kappa shape index (κ3) is 4.57. The van der Waals surface area contributed by atoms with Crippen LogP contribution in [0.25, 0.3) is 0 Å². The molecule has 1 atom stereocenters. The van der Waals surface area contributed by atoms with Gasteiger partial charge in [0.15, 0.2) is 9.84 Å². The number of hydrogen-bond acceptors (Lipinski definition) is 5. The van der Waals surface area contributed by atoms with Crippen LogP contribution in [0.15, 0.2) is 18.3 Å². The average molecular weight is 367 g/mol. The first-order valence-electron chi connectivity index (χ1n) is 7.04. The number of nitrogens with zero attached hydrogens (tertiary/aromatic N) is 2. The number of sulfone groups is 1. The number of aromatic nitrogens is 1. The quantitative estimate of drug-likeness (QED) is 0.831. The number of carbonyl (C=O) groups is 1. The highest BCUT2D eigenvalue weighted by molar-refractivity contribution is 7.91. The van der Waals surface area contributed by atoms with E-state index >= 15 is 0 Å². The molecule has 1 unspecified atom stereocenters. The van der Waals surface area contributed by atoms with Crippen LogP contribution in [0.2, 0.25) is 0 Å². The molecule has 0 saturated carbocycles. The van der Waals surface area contributed by atoms with Crippen molar-refractivity contribution in [2.45, 2.75) is 18.6 Å². The summed E-state index contributed by atoms with van der Waals surface area (Å²) in [5.41, 5.74) is -0.968. The number of hydrogen-bond donors (Lipinski definition) is 2. The first kappa shape index (κ1) is 18.5. The van der Waals surface area contributed by atoms with Crippen molar-refractivity contribution in [1.29, 1.82) is 0 Å². The van der Waals surface area contributed by atoms with E-state index in [-0.39, 0.29) is 30.3 Å². The lowest BCUT2D eigenvalue weighted by Gasteiger charge is -2.27. The summed E-state index contributed by atoms with van der Waals surface area (Å²) < 4.78 is 61.0. The largest absolute Gasteiger partial charge is 0.416 e. The van der Waals surface area contributed by atoms with E-state index < -0.39 is 40.3 Å². The van der Waals surface area contributed by atoms with Gasteiger partial charge in [0.05, 0.1) is 23.7 Å². The average Bonchev–Trinajstić information content (AvgIpc) is 2.84. The fraction of sp³-hybridized carbons (Fsp3) is 0.538. The van der Waals surface area contributed by atoms with Crippen molar-refractivity contribution in [1.82, 2.24) is 9.88 Å². The molecular weight excluding hydrogens is 351 g/mol. The first-order valence-corrected chi connectivity index (χ1v) is 8.87. The molecule has 1 aromatic rings. The number of halogens is 3. The highest BCUT2D eigenvalue weighted by Gasteiger charge is 2.35. The highest BCUT2D eigenvalue weighted by atomic mass is 32.2. The fourth-order valence-corrected chi connectivity index (χ4v) is 4.17. The minimum Gasteiger partial charge on any atom is -0.395 e. The Hall–Kier alpha value is -1.88. The number of amides is 2. The van der Waals surface area contributed by atoms with E-state index in [1.54, 1.807) is 0 Å². The standard InChI is InChI=1S/C13H16F3N3O4S/c14-13(15,16)9-1-3-17-11(7-9)18-12(21)19(4-5-20)10-2-6-24(22,23)8-10/h1,3,7,10,20H,2,4-6,8H2,(H,17,18,21). The fourth-order valence-electron chi connectivity index (χ4n) is 2.44. The third-order valence-electron chi connectivity index (χ3n) is 3.57. The van der Waals surface area contributed by atoms with Gasteiger partial charge >= 0.3 is 12.2 Å². The Morgan fingerprint density at radius 3 is 2.71 bits per heavy atom. The maximum absolute atomic E-state index is 12.7. The van der Waals surface area contributed by atoms with E-state index in [1.807, 2.05) is 0 Å². The topological polar surface area (TPSA) is 99.6 Å². The summed E-state index contributed by atoms with van der Waals surface area (Å²) in [7, 11) is -3.26. The van der Waals surface area contributed by atoms with E-state index in [4.69, 9.17) is 5.11 Å². The predicted molar refractivity (Wildman–Crippen MR) is 79.1 cm³/mol. The molecule has 0 spiro atoms. The Labute approximate surface area is 136 Å². The normalized spacial score (nSPS) is 19.9. The Kier molecular flexibility index (Phi) is 5.33. The van der Waals surface area contributed by atoms with Crippen molar-refractivity contribution in [2.75, 3.05) is 30.0 Å². The van der Waals surface area contributed by atoms with Gasteiger partial charge in [0, 0.05) is 18.8 Å². The van der Waals surface area contributed by atoms with Crippen LogP contribution in [0.5, 0.6) is 0 Å². The van der Waals surface area contributed by atoms with E-state index in [0.717, 1.165) is 17.2 Å². The molecule has 0 aliphatic carbocycles. The van der Waals surface area contributed by atoms with E-state index in [9.17, 15) is 26.4 Å². The SMILES string of the molecule is O=C(Nc1cc(C(F)(F)F)ccn1)N(CCO)C1CCS(=O)(=O)C1. The highest BCUT2D eigenvalue weighted by Crippen LogP contribution is 2.30. The van der Waals surface area contributed by atoms with Gasteiger partial charge in [0.2, 0.25) is 0 Å².